The first-order valence-electron chi connectivity index (χ1n) is 6.47. The second-order valence-corrected chi connectivity index (χ2v) is 5.01. The monoisotopic (exact) mass is 272 g/mol. The van der Waals surface area contributed by atoms with Crippen LogP contribution in [-0.2, 0) is 14.4 Å². The molecule has 0 aliphatic rings. The molecule has 0 spiro atoms. The molecule has 19 heavy (non-hydrogen) atoms. The average Bonchev–Trinajstić information content (AvgIpc) is 2.26. The van der Waals surface area contributed by atoms with Gasteiger partial charge < -0.3 is 14.9 Å². The summed E-state index contributed by atoms with van der Waals surface area (Å²) in [6, 6.07) is 0. The van der Waals surface area contributed by atoms with Crippen LogP contribution in [0.25, 0.3) is 0 Å². The van der Waals surface area contributed by atoms with Gasteiger partial charge in [0.15, 0.2) is 0 Å². The molecule has 1 N–H and O–H groups in total. The largest absolute Gasteiger partial charge is 0.481 e. The zero-order valence-electron chi connectivity index (χ0n) is 12.2. The smallest absolute Gasteiger partial charge is 0.303 e. The maximum Gasteiger partial charge on any atom is 0.303 e. The van der Waals surface area contributed by atoms with Crippen molar-refractivity contribution in [1.29, 1.82) is 0 Å². The van der Waals surface area contributed by atoms with Gasteiger partial charge in [-0.3, -0.25) is 14.4 Å². The standard InChI is InChI=1S/C13H24N2O4/c1-5-6-15(9-12(17)14(3)4)11(16)7-10(2)8-13(18)19/h10H,5-9H2,1-4H3,(H,18,19). The molecule has 0 radical (unpaired) electrons. The Balaban J connectivity index is 4.48. The van der Waals surface area contributed by atoms with E-state index in [2.05, 4.69) is 0 Å². The Hall–Kier alpha value is -1.59. The predicted molar refractivity (Wildman–Crippen MR) is 71.6 cm³/mol. The van der Waals surface area contributed by atoms with Gasteiger partial charge in [-0.15, -0.1) is 0 Å². The highest BCUT2D eigenvalue weighted by atomic mass is 16.4. The number of rotatable bonds is 8. The molecule has 6 nitrogen and oxygen atoms in total. The molecule has 0 aliphatic heterocycles. The first-order valence-corrected chi connectivity index (χ1v) is 6.47. The molecule has 0 aliphatic carbocycles. The molecule has 6 heteroatoms. The Morgan fingerprint density at radius 1 is 1.11 bits per heavy atom. The van der Waals surface area contributed by atoms with Crippen LogP contribution < -0.4 is 0 Å². The number of hydrogen-bond donors (Lipinski definition) is 1. The second kappa shape index (κ2) is 8.50. The Morgan fingerprint density at radius 2 is 1.68 bits per heavy atom. The van der Waals surface area contributed by atoms with E-state index < -0.39 is 5.97 Å². The molecule has 2 amide bonds. The Morgan fingerprint density at radius 3 is 2.11 bits per heavy atom. The Kier molecular flexibility index (Phi) is 7.79. The maximum absolute atomic E-state index is 12.0. The number of amides is 2. The van der Waals surface area contributed by atoms with Crippen molar-refractivity contribution in [3.8, 4) is 0 Å². The lowest BCUT2D eigenvalue weighted by molar-refractivity contribution is -0.141. The molecule has 0 saturated carbocycles. The minimum atomic E-state index is -0.910. The first kappa shape index (κ1) is 17.4. The molecule has 1 unspecified atom stereocenters. The summed E-state index contributed by atoms with van der Waals surface area (Å²) in [6.07, 6.45) is 0.889. The van der Waals surface area contributed by atoms with E-state index in [-0.39, 0.29) is 37.1 Å². The van der Waals surface area contributed by atoms with Crippen molar-refractivity contribution >= 4 is 17.8 Å². The van der Waals surface area contributed by atoms with Crippen molar-refractivity contribution in [1.82, 2.24) is 9.80 Å². The van der Waals surface area contributed by atoms with Crippen molar-refractivity contribution in [3.63, 3.8) is 0 Å². The third-order valence-electron chi connectivity index (χ3n) is 2.72. The molecule has 0 aromatic carbocycles. The van der Waals surface area contributed by atoms with Gasteiger partial charge in [-0.05, 0) is 12.3 Å². The number of aliphatic carboxylic acids is 1. The number of carbonyl (C=O) groups excluding carboxylic acids is 2. The summed E-state index contributed by atoms with van der Waals surface area (Å²) >= 11 is 0. The van der Waals surface area contributed by atoms with Gasteiger partial charge in [0, 0.05) is 33.5 Å². The van der Waals surface area contributed by atoms with Crippen molar-refractivity contribution in [2.24, 2.45) is 5.92 Å². The normalized spacial score (nSPS) is 11.8. The highest BCUT2D eigenvalue weighted by molar-refractivity contribution is 5.84. The quantitative estimate of drug-likeness (QED) is 0.709. The minimum absolute atomic E-state index is 0.0344. The van der Waals surface area contributed by atoms with Gasteiger partial charge >= 0.3 is 5.97 Å². The van der Waals surface area contributed by atoms with E-state index in [1.807, 2.05) is 6.92 Å². The van der Waals surface area contributed by atoms with Gasteiger partial charge in [0.05, 0.1) is 6.54 Å². The van der Waals surface area contributed by atoms with Crippen LogP contribution in [0.5, 0.6) is 0 Å². The third kappa shape index (κ3) is 7.43. The van der Waals surface area contributed by atoms with Crippen LogP contribution in [0.2, 0.25) is 0 Å². The number of likely N-dealkylation sites (N-methyl/N-ethyl adjacent to an activating group) is 1. The van der Waals surface area contributed by atoms with E-state index in [9.17, 15) is 14.4 Å². The van der Waals surface area contributed by atoms with Crippen molar-refractivity contribution < 1.29 is 19.5 Å². The van der Waals surface area contributed by atoms with E-state index in [4.69, 9.17) is 5.11 Å². The second-order valence-electron chi connectivity index (χ2n) is 5.01. The van der Waals surface area contributed by atoms with E-state index in [0.29, 0.717) is 6.54 Å². The van der Waals surface area contributed by atoms with E-state index in [1.165, 1.54) is 9.80 Å². The lowest BCUT2D eigenvalue weighted by atomic mass is 10.0. The van der Waals surface area contributed by atoms with E-state index in [0.717, 1.165) is 6.42 Å². The molecular weight excluding hydrogens is 248 g/mol. The number of carboxylic acid groups (broad SMARTS) is 1. The zero-order valence-corrected chi connectivity index (χ0v) is 12.2. The fourth-order valence-corrected chi connectivity index (χ4v) is 1.66. The Labute approximate surface area is 114 Å². The minimum Gasteiger partial charge on any atom is -0.481 e. The number of carboxylic acids is 1. The zero-order chi connectivity index (χ0) is 15.0. The number of hydrogen-bond acceptors (Lipinski definition) is 3. The number of carbonyl (C=O) groups is 3. The SMILES string of the molecule is CCCN(CC(=O)N(C)C)C(=O)CC(C)CC(=O)O. The van der Waals surface area contributed by atoms with Gasteiger partial charge in [0.25, 0.3) is 0 Å². The molecule has 0 rings (SSSR count). The van der Waals surface area contributed by atoms with Gasteiger partial charge in [-0.2, -0.15) is 0 Å². The molecule has 1 atom stereocenters. The molecule has 0 aromatic heterocycles. The van der Waals surface area contributed by atoms with Gasteiger partial charge in [-0.25, -0.2) is 0 Å². The fraction of sp³-hybridized carbons (Fsp3) is 0.769. The molecule has 110 valence electrons. The molecule has 0 fully saturated rings. The molecular formula is C13H24N2O4. The van der Waals surface area contributed by atoms with Crippen LogP contribution in [0.4, 0.5) is 0 Å². The van der Waals surface area contributed by atoms with Crippen LogP contribution in [-0.4, -0.2) is 59.9 Å². The lowest BCUT2D eigenvalue weighted by Gasteiger charge is -2.24. The first-order chi connectivity index (χ1) is 8.77. The third-order valence-corrected chi connectivity index (χ3v) is 2.72. The number of nitrogens with zero attached hydrogens (tertiary/aromatic N) is 2. The predicted octanol–water partition coefficient (Wildman–Crippen LogP) is 0.814. The van der Waals surface area contributed by atoms with Gasteiger partial charge in [0.1, 0.15) is 0 Å². The lowest BCUT2D eigenvalue weighted by Crippen LogP contribution is -2.41. The van der Waals surface area contributed by atoms with Crippen LogP contribution in [0.3, 0.4) is 0 Å². The van der Waals surface area contributed by atoms with Crippen LogP contribution in [0, 0.1) is 5.92 Å². The summed E-state index contributed by atoms with van der Waals surface area (Å²) in [4.78, 5) is 37.2. The maximum atomic E-state index is 12.0. The molecule has 0 heterocycles. The van der Waals surface area contributed by atoms with E-state index >= 15 is 0 Å². The van der Waals surface area contributed by atoms with Gasteiger partial charge in [0.2, 0.25) is 11.8 Å². The summed E-state index contributed by atoms with van der Waals surface area (Å²) in [7, 11) is 3.29. The van der Waals surface area contributed by atoms with E-state index in [1.54, 1.807) is 21.0 Å². The highest BCUT2D eigenvalue weighted by Crippen LogP contribution is 2.10. The summed E-state index contributed by atoms with van der Waals surface area (Å²) in [6.45, 7) is 4.22. The molecule has 0 saturated heterocycles. The van der Waals surface area contributed by atoms with Crippen LogP contribution >= 0.6 is 0 Å². The summed E-state index contributed by atoms with van der Waals surface area (Å²) in [5, 5.41) is 8.67. The average molecular weight is 272 g/mol. The summed E-state index contributed by atoms with van der Waals surface area (Å²) < 4.78 is 0. The molecule has 0 aromatic rings. The fourth-order valence-electron chi connectivity index (χ4n) is 1.66. The molecule has 0 bridgehead atoms. The van der Waals surface area contributed by atoms with Crippen LogP contribution in [0.15, 0.2) is 0 Å². The Bertz CT molecular complexity index is 329. The van der Waals surface area contributed by atoms with Gasteiger partial charge in [-0.1, -0.05) is 13.8 Å². The summed E-state index contributed by atoms with van der Waals surface area (Å²) in [5.41, 5.74) is 0. The van der Waals surface area contributed by atoms with Crippen LogP contribution in [0.1, 0.15) is 33.1 Å². The van der Waals surface area contributed by atoms with Crippen molar-refractivity contribution in [2.75, 3.05) is 27.2 Å². The van der Waals surface area contributed by atoms with Crippen molar-refractivity contribution in [2.45, 2.75) is 33.1 Å². The topological polar surface area (TPSA) is 77.9 Å². The van der Waals surface area contributed by atoms with Crippen molar-refractivity contribution in [3.05, 3.63) is 0 Å². The highest BCUT2D eigenvalue weighted by Gasteiger charge is 2.20. The summed E-state index contributed by atoms with van der Waals surface area (Å²) in [5.74, 6) is -1.43.